The Morgan fingerprint density at radius 2 is 2.20 bits per heavy atom. The molecule has 0 saturated carbocycles. The summed E-state index contributed by atoms with van der Waals surface area (Å²) in [6, 6.07) is 4.23. The van der Waals surface area contributed by atoms with Crippen LogP contribution in [0.25, 0.3) is 0 Å². The molecule has 6 nitrogen and oxygen atoms in total. The first kappa shape index (κ1) is 14.6. The Labute approximate surface area is 121 Å². The highest BCUT2D eigenvalue weighted by Crippen LogP contribution is 2.24. The molecule has 0 radical (unpaired) electrons. The molecule has 0 aromatic heterocycles. The fourth-order valence-corrected chi connectivity index (χ4v) is 2.50. The van der Waals surface area contributed by atoms with Crippen LogP contribution in [-0.2, 0) is 0 Å². The lowest BCUT2D eigenvalue weighted by atomic mass is 10.2. The van der Waals surface area contributed by atoms with Crippen LogP contribution < -0.4 is 10.6 Å². The van der Waals surface area contributed by atoms with E-state index in [0.29, 0.717) is 0 Å². The third-order valence-corrected chi connectivity index (χ3v) is 3.52. The number of carbonyl (C=O) groups excluding carboxylic acids is 1. The first-order chi connectivity index (χ1) is 9.47. The highest BCUT2D eigenvalue weighted by Gasteiger charge is 2.22. The molecule has 0 aliphatic carbocycles. The number of amides is 2. The second kappa shape index (κ2) is 6.11. The third kappa shape index (κ3) is 3.40. The van der Waals surface area contributed by atoms with Gasteiger partial charge >= 0.3 is 12.0 Å². The first-order valence-electron chi connectivity index (χ1n) is 6.25. The summed E-state index contributed by atoms with van der Waals surface area (Å²) in [6.45, 7) is 1.72. The Bertz CT molecular complexity index is 536. The van der Waals surface area contributed by atoms with Crippen molar-refractivity contribution >= 4 is 29.3 Å². The van der Waals surface area contributed by atoms with Crippen LogP contribution in [0.15, 0.2) is 18.2 Å². The zero-order valence-corrected chi connectivity index (χ0v) is 11.8. The molecule has 1 aromatic carbocycles. The number of likely N-dealkylation sites (tertiary alicyclic amines) is 1. The van der Waals surface area contributed by atoms with Gasteiger partial charge < -0.3 is 20.6 Å². The molecule has 2 rings (SSSR count). The van der Waals surface area contributed by atoms with E-state index >= 15 is 0 Å². The van der Waals surface area contributed by atoms with E-state index in [1.807, 2.05) is 7.05 Å². The number of urea groups is 1. The second-order valence-corrected chi connectivity index (χ2v) is 5.22. The number of halogens is 1. The molecule has 108 valence electrons. The monoisotopic (exact) mass is 297 g/mol. The zero-order chi connectivity index (χ0) is 14.7. The quantitative estimate of drug-likeness (QED) is 0.795. The van der Waals surface area contributed by atoms with Gasteiger partial charge in [-0.25, -0.2) is 9.59 Å². The van der Waals surface area contributed by atoms with E-state index in [0.717, 1.165) is 19.5 Å². The summed E-state index contributed by atoms with van der Waals surface area (Å²) in [4.78, 5) is 25.2. The van der Waals surface area contributed by atoms with Gasteiger partial charge in [0.2, 0.25) is 0 Å². The van der Waals surface area contributed by atoms with E-state index in [-0.39, 0.29) is 22.3 Å². The minimum absolute atomic E-state index is 0.0764. The minimum Gasteiger partial charge on any atom is -0.478 e. The number of likely N-dealkylation sites (N-methyl/N-ethyl adjacent to an activating group) is 1. The van der Waals surface area contributed by atoms with Crippen LogP contribution in [-0.4, -0.2) is 48.2 Å². The number of carbonyl (C=O) groups is 2. The number of carboxylic acid groups (broad SMARTS) is 1. The lowest BCUT2D eigenvalue weighted by Gasteiger charge is -2.15. The first-order valence-corrected chi connectivity index (χ1v) is 6.63. The maximum Gasteiger partial charge on any atom is 0.339 e. The fraction of sp³-hybridized carbons (Fsp3) is 0.385. The molecule has 20 heavy (non-hydrogen) atoms. The van der Waals surface area contributed by atoms with Crippen molar-refractivity contribution in [2.45, 2.75) is 12.5 Å². The molecule has 1 unspecified atom stereocenters. The predicted octanol–water partition coefficient (Wildman–Crippen LogP) is 1.86. The van der Waals surface area contributed by atoms with Crippen molar-refractivity contribution in [3.05, 3.63) is 28.8 Å². The Kier molecular flexibility index (Phi) is 4.46. The third-order valence-electron chi connectivity index (χ3n) is 3.20. The lowest BCUT2D eigenvalue weighted by Crippen LogP contribution is -2.39. The molecule has 0 bridgehead atoms. The van der Waals surface area contributed by atoms with Crippen LogP contribution in [0, 0.1) is 0 Å². The zero-order valence-electron chi connectivity index (χ0n) is 11.0. The van der Waals surface area contributed by atoms with Gasteiger partial charge in [0.15, 0.2) is 0 Å². The van der Waals surface area contributed by atoms with Crippen LogP contribution in [0.4, 0.5) is 10.5 Å². The van der Waals surface area contributed by atoms with Crippen molar-refractivity contribution in [1.29, 1.82) is 0 Å². The number of hydrogen-bond acceptors (Lipinski definition) is 3. The van der Waals surface area contributed by atoms with Crippen molar-refractivity contribution < 1.29 is 14.7 Å². The van der Waals surface area contributed by atoms with Gasteiger partial charge in [0, 0.05) is 12.6 Å². The smallest absolute Gasteiger partial charge is 0.339 e. The Morgan fingerprint density at radius 3 is 2.80 bits per heavy atom. The van der Waals surface area contributed by atoms with E-state index in [9.17, 15) is 9.59 Å². The molecule has 1 aromatic rings. The van der Waals surface area contributed by atoms with Gasteiger partial charge in [-0.2, -0.15) is 0 Å². The van der Waals surface area contributed by atoms with Gasteiger partial charge in [-0.05, 0) is 32.1 Å². The van der Waals surface area contributed by atoms with Gasteiger partial charge in [0.25, 0.3) is 0 Å². The molecule has 1 saturated heterocycles. The molecule has 3 N–H and O–H groups in total. The van der Waals surface area contributed by atoms with Gasteiger partial charge in [-0.15, -0.1) is 0 Å². The minimum atomic E-state index is -1.17. The average Bonchev–Trinajstić information content (AvgIpc) is 2.74. The average molecular weight is 298 g/mol. The number of carboxylic acids is 1. The maximum absolute atomic E-state index is 11.9. The molecule has 1 aliphatic heterocycles. The summed E-state index contributed by atoms with van der Waals surface area (Å²) in [7, 11) is 1.99. The van der Waals surface area contributed by atoms with E-state index in [1.165, 1.54) is 12.1 Å². The molecular formula is C13H16ClN3O3. The van der Waals surface area contributed by atoms with Gasteiger partial charge in [-0.1, -0.05) is 17.7 Å². The standard InChI is InChI=1S/C13H16ClN3O3/c1-17-6-5-8(7-17)15-13(20)16-10-4-2-3-9(14)11(10)12(18)19/h2-4,8H,5-7H2,1H3,(H,18,19)(H2,15,16,20). The molecular weight excluding hydrogens is 282 g/mol. The summed E-state index contributed by atoms with van der Waals surface area (Å²) < 4.78 is 0. The topological polar surface area (TPSA) is 81.7 Å². The molecule has 7 heteroatoms. The molecule has 1 heterocycles. The molecule has 0 spiro atoms. The van der Waals surface area contributed by atoms with Crippen LogP contribution in [0.2, 0.25) is 5.02 Å². The van der Waals surface area contributed by atoms with E-state index in [4.69, 9.17) is 16.7 Å². The SMILES string of the molecule is CN1CCC(NC(=O)Nc2cccc(Cl)c2C(=O)O)C1. The predicted molar refractivity (Wildman–Crippen MR) is 76.5 cm³/mol. The number of nitrogens with zero attached hydrogens (tertiary/aromatic N) is 1. The molecule has 1 atom stereocenters. The molecule has 1 aliphatic rings. The van der Waals surface area contributed by atoms with Crippen molar-refractivity contribution in [2.24, 2.45) is 0 Å². The summed E-state index contributed by atoms with van der Waals surface area (Å²) >= 11 is 5.84. The van der Waals surface area contributed by atoms with Gasteiger partial charge in [-0.3, -0.25) is 0 Å². The molecule has 1 fully saturated rings. The van der Waals surface area contributed by atoms with Crippen molar-refractivity contribution in [1.82, 2.24) is 10.2 Å². The Morgan fingerprint density at radius 1 is 1.45 bits per heavy atom. The van der Waals surface area contributed by atoms with Crippen molar-refractivity contribution in [3.63, 3.8) is 0 Å². The van der Waals surface area contributed by atoms with Crippen LogP contribution >= 0.6 is 11.6 Å². The van der Waals surface area contributed by atoms with Crippen LogP contribution in [0.5, 0.6) is 0 Å². The van der Waals surface area contributed by atoms with Crippen LogP contribution in [0.1, 0.15) is 16.8 Å². The second-order valence-electron chi connectivity index (χ2n) is 4.81. The highest BCUT2D eigenvalue weighted by atomic mass is 35.5. The fourth-order valence-electron chi connectivity index (χ4n) is 2.24. The number of benzene rings is 1. The van der Waals surface area contributed by atoms with Crippen molar-refractivity contribution in [2.75, 3.05) is 25.5 Å². The summed E-state index contributed by atoms with van der Waals surface area (Å²) in [5, 5.41) is 14.6. The Hall–Kier alpha value is -1.79. The van der Waals surface area contributed by atoms with E-state index in [2.05, 4.69) is 15.5 Å². The summed E-state index contributed by atoms with van der Waals surface area (Å²) in [5.74, 6) is -1.17. The van der Waals surface area contributed by atoms with Crippen LogP contribution in [0.3, 0.4) is 0 Å². The maximum atomic E-state index is 11.9. The number of nitrogens with one attached hydrogen (secondary N) is 2. The number of anilines is 1. The Balaban J connectivity index is 2.04. The number of aromatic carboxylic acids is 1. The van der Waals surface area contributed by atoms with E-state index in [1.54, 1.807) is 6.07 Å². The van der Waals surface area contributed by atoms with Gasteiger partial charge in [0.1, 0.15) is 5.56 Å². The highest BCUT2D eigenvalue weighted by molar-refractivity contribution is 6.34. The number of hydrogen-bond donors (Lipinski definition) is 3. The molecule has 2 amide bonds. The summed E-state index contributed by atoms with van der Waals surface area (Å²) in [5.41, 5.74) is 0.0849. The summed E-state index contributed by atoms with van der Waals surface area (Å²) in [6.07, 6.45) is 0.880. The number of rotatable bonds is 3. The van der Waals surface area contributed by atoms with Crippen molar-refractivity contribution in [3.8, 4) is 0 Å². The van der Waals surface area contributed by atoms with Gasteiger partial charge in [0.05, 0.1) is 10.7 Å². The lowest BCUT2D eigenvalue weighted by molar-refractivity contribution is 0.0698. The van der Waals surface area contributed by atoms with E-state index < -0.39 is 12.0 Å². The normalized spacial score (nSPS) is 18.8. The largest absolute Gasteiger partial charge is 0.478 e.